The van der Waals surface area contributed by atoms with Crippen LogP contribution in [0, 0.1) is 12.0 Å². The van der Waals surface area contributed by atoms with E-state index in [1.807, 2.05) is 60.7 Å². The molecule has 1 N–H and O–H groups in total. The molecule has 0 bridgehead atoms. The molecule has 1 aliphatic carbocycles. The number of aliphatic hydroxyl groups excluding tert-OH is 1. The second-order valence-electron chi connectivity index (χ2n) is 8.82. The number of benzene rings is 4. The molecule has 0 aromatic heterocycles. The summed E-state index contributed by atoms with van der Waals surface area (Å²) >= 11 is -0.556. The van der Waals surface area contributed by atoms with Crippen LogP contribution in [0.1, 0.15) is 50.5 Å². The fourth-order valence-corrected chi connectivity index (χ4v) is 4.54. The minimum absolute atomic E-state index is 0.511. The molecule has 5 rings (SSSR count). The van der Waals surface area contributed by atoms with Crippen LogP contribution in [0.2, 0.25) is 0 Å². The van der Waals surface area contributed by atoms with Gasteiger partial charge in [0, 0.05) is 0 Å². The zero-order valence-electron chi connectivity index (χ0n) is 21.1. The Labute approximate surface area is 232 Å². The molecule has 36 heavy (non-hydrogen) atoms. The Bertz CT molecular complexity index is 1290. The predicted molar refractivity (Wildman–Crippen MR) is 152 cm³/mol. The molecule has 184 valence electrons. The van der Waals surface area contributed by atoms with Crippen molar-refractivity contribution in [3.05, 3.63) is 137 Å². The van der Waals surface area contributed by atoms with Gasteiger partial charge in [0.1, 0.15) is 6.10 Å². The molecule has 0 saturated heterocycles. The van der Waals surface area contributed by atoms with E-state index in [-0.39, 0.29) is 0 Å². The number of allylic oxidation sites excluding steroid dienone is 4. The molecule has 0 saturated carbocycles. The Morgan fingerprint density at radius 1 is 0.722 bits per heavy atom. The van der Waals surface area contributed by atoms with E-state index in [1.165, 1.54) is 38.6 Å². The standard InChI is InChI=1S/C19H19.C13H12O.2ClH.Ti/c1-12-13(2)15(4)19(14(12)3)18-10-9-16-7-5-6-8-17(16)11-18;14-13(11-7-3-1-4-8-11)12-9-5-2-6-10-12;;;/h5-10,14H,1-4H3;1-10,13-14H;2*1H;/q-1;;;;+2/p-2. The molecule has 4 aromatic carbocycles. The molecule has 1 aliphatic rings. The topological polar surface area (TPSA) is 20.2 Å². The molecule has 0 radical (unpaired) electrons. The fraction of sp³-hybridized carbons (Fsp3) is 0.188. The van der Waals surface area contributed by atoms with Crippen LogP contribution in [0.4, 0.5) is 0 Å². The second-order valence-corrected chi connectivity index (χ2v) is 11.4. The summed E-state index contributed by atoms with van der Waals surface area (Å²) in [7, 11) is 9.78. The predicted octanol–water partition coefficient (Wildman–Crippen LogP) is 9.54. The van der Waals surface area contributed by atoms with E-state index >= 15 is 0 Å². The Hall–Kier alpha value is -2.13. The number of hydrogen-bond donors (Lipinski definition) is 1. The molecule has 1 unspecified atom stereocenters. The number of halogens is 2. The van der Waals surface area contributed by atoms with Gasteiger partial charge >= 0.3 is 35.6 Å². The van der Waals surface area contributed by atoms with Gasteiger partial charge in [-0.25, -0.2) is 0 Å². The van der Waals surface area contributed by atoms with E-state index in [0.717, 1.165) is 11.1 Å². The molecule has 4 aromatic rings. The van der Waals surface area contributed by atoms with Gasteiger partial charge in [-0.3, -0.25) is 0 Å². The Kier molecular flexibility index (Phi) is 11.0. The average molecular weight is 550 g/mol. The number of rotatable bonds is 3. The van der Waals surface area contributed by atoms with Crippen molar-refractivity contribution in [1.82, 2.24) is 0 Å². The van der Waals surface area contributed by atoms with Gasteiger partial charge in [0.25, 0.3) is 0 Å². The summed E-state index contributed by atoms with van der Waals surface area (Å²) in [5.41, 5.74) is 8.92. The van der Waals surface area contributed by atoms with Gasteiger partial charge in [0.2, 0.25) is 0 Å². The zero-order valence-corrected chi connectivity index (χ0v) is 24.2. The van der Waals surface area contributed by atoms with Crippen LogP contribution in [-0.2, 0) is 17.0 Å². The van der Waals surface area contributed by atoms with E-state index in [2.05, 4.69) is 70.2 Å². The first kappa shape index (κ1) is 28.4. The summed E-state index contributed by atoms with van der Waals surface area (Å²) < 4.78 is 0. The maximum atomic E-state index is 9.99. The van der Waals surface area contributed by atoms with Crippen LogP contribution in [0.25, 0.3) is 16.3 Å². The second kappa shape index (κ2) is 14.0. The zero-order chi connectivity index (χ0) is 26.1. The third-order valence-electron chi connectivity index (χ3n) is 6.82. The summed E-state index contributed by atoms with van der Waals surface area (Å²) in [4.78, 5) is 0. The molecule has 1 nitrogen and oxygen atoms in total. The Balaban J connectivity index is 0.000000188. The number of aliphatic hydroxyl groups is 1. The Morgan fingerprint density at radius 3 is 1.72 bits per heavy atom. The van der Waals surface area contributed by atoms with Crippen LogP contribution in [0.5, 0.6) is 0 Å². The number of hydrogen-bond acceptors (Lipinski definition) is 1. The summed E-state index contributed by atoms with van der Waals surface area (Å²) in [6.07, 6.45) is -0.516. The Morgan fingerprint density at radius 2 is 1.22 bits per heavy atom. The first-order valence-corrected chi connectivity index (χ1v) is 16.2. The normalized spacial score (nSPS) is 14.8. The van der Waals surface area contributed by atoms with Gasteiger partial charge in [-0.1, -0.05) is 113 Å². The molecule has 0 fully saturated rings. The van der Waals surface area contributed by atoms with Gasteiger partial charge in [-0.15, -0.1) is 35.2 Å². The molecule has 1 atom stereocenters. The van der Waals surface area contributed by atoms with Crippen LogP contribution >= 0.6 is 18.6 Å². The van der Waals surface area contributed by atoms with Gasteiger partial charge < -0.3 is 5.11 Å². The molecule has 4 heteroatoms. The molecule has 0 amide bonds. The van der Waals surface area contributed by atoms with E-state index in [0.29, 0.717) is 5.92 Å². The quantitative estimate of drug-likeness (QED) is 0.199. The molecule has 0 heterocycles. The van der Waals surface area contributed by atoms with Gasteiger partial charge in [0.05, 0.1) is 0 Å². The fourth-order valence-electron chi connectivity index (χ4n) is 4.54. The first-order valence-electron chi connectivity index (χ1n) is 11.9. The van der Waals surface area contributed by atoms with Gasteiger partial charge in [0.15, 0.2) is 0 Å². The first-order chi connectivity index (χ1) is 17.4. The maximum absolute atomic E-state index is 9.99. The number of fused-ring (bicyclic) bond motifs is 1. The van der Waals surface area contributed by atoms with Crippen molar-refractivity contribution < 1.29 is 22.1 Å². The molecular weight excluding hydrogens is 519 g/mol. The van der Waals surface area contributed by atoms with Crippen LogP contribution in [0.15, 0.2) is 114 Å². The van der Waals surface area contributed by atoms with E-state index < -0.39 is 23.1 Å². The van der Waals surface area contributed by atoms with Crippen molar-refractivity contribution in [3.8, 4) is 0 Å². The summed E-state index contributed by atoms with van der Waals surface area (Å²) in [5.74, 6) is 0.511. The summed E-state index contributed by atoms with van der Waals surface area (Å²) in [6, 6.07) is 35.8. The van der Waals surface area contributed by atoms with Crippen LogP contribution in [0.3, 0.4) is 0 Å². The van der Waals surface area contributed by atoms with Crippen molar-refractivity contribution >= 4 is 35.0 Å². The van der Waals surface area contributed by atoms with E-state index in [1.54, 1.807) is 0 Å². The molecular formula is C32H31Cl2OTi-. The SMILES string of the molecule is CC1=C(C)C(C)C(c2[c-]c3ccccc3cc2)=C1C.OC(c1ccccc1)c1ccccc1.[Cl][Ti][Cl]. The summed E-state index contributed by atoms with van der Waals surface area (Å²) in [5, 5.41) is 12.5. The third kappa shape index (κ3) is 7.00. The van der Waals surface area contributed by atoms with Gasteiger partial charge in [-0.05, 0) is 37.8 Å². The monoisotopic (exact) mass is 549 g/mol. The van der Waals surface area contributed by atoms with Crippen molar-refractivity contribution in [3.63, 3.8) is 0 Å². The van der Waals surface area contributed by atoms with Crippen LogP contribution in [-0.4, -0.2) is 5.11 Å². The molecule has 0 spiro atoms. The van der Waals surface area contributed by atoms with Crippen molar-refractivity contribution in [1.29, 1.82) is 0 Å². The average Bonchev–Trinajstić information content (AvgIpc) is 3.12. The summed E-state index contributed by atoms with van der Waals surface area (Å²) in [6.45, 7) is 9.02. The third-order valence-corrected chi connectivity index (χ3v) is 6.82. The van der Waals surface area contributed by atoms with E-state index in [4.69, 9.17) is 18.6 Å². The molecule has 0 aliphatic heterocycles. The van der Waals surface area contributed by atoms with Gasteiger partial charge in [-0.2, -0.15) is 0 Å². The van der Waals surface area contributed by atoms with Crippen molar-refractivity contribution in [2.45, 2.75) is 33.8 Å². The van der Waals surface area contributed by atoms with E-state index in [9.17, 15) is 5.11 Å². The minimum atomic E-state index is -0.556. The van der Waals surface area contributed by atoms with Crippen molar-refractivity contribution in [2.75, 3.05) is 0 Å². The van der Waals surface area contributed by atoms with Crippen molar-refractivity contribution in [2.24, 2.45) is 5.92 Å². The van der Waals surface area contributed by atoms with Crippen LogP contribution < -0.4 is 0 Å².